The summed E-state index contributed by atoms with van der Waals surface area (Å²) in [6.07, 6.45) is -2.48. The van der Waals surface area contributed by atoms with E-state index in [2.05, 4.69) is 4.90 Å². The maximum absolute atomic E-state index is 12.5. The highest BCUT2D eigenvalue weighted by Gasteiger charge is 2.30. The molecule has 0 atom stereocenters. The van der Waals surface area contributed by atoms with Crippen molar-refractivity contribution in [2.45, 2.75) is 25.1 Å². The standard InChI is InChI=1S/C14H19F3N2O/c1-18(10-20)12-6-8-19(9-7-12)13-4-2-11(3-5-13)14(15,16)17/h2-5,12,20H,6-10H2,1H3. The van der Waals surface area contributed by atoms with E-state index in [1.54, 1.807) is 0 Å². The first-order valence-corrected chi connectivity index (χ1v) is 6.65. The van der Waals surface area contributed by atoms with E-state index in [-0.39, 0.29) is 6.73 Å². The van der Waals surface area contributed by atoms with Crippen LogP contribution in [0, 0.1) is 0 Å². The number of hydrogen-bond donors (Lipinski definition) is 1. The highest BCUT2D eigenvalue weighted by molar-refractivity contribution is 5.48. The Labute approximate surface area is 116 Å². The van der Waals surface area contributed by atoms with Crippen LogP contribution in [0.1, 0.15) is 18.4 Å². The molecule has 1 aromatic carbocycles. The van der Waals surface area contributed by atoms with E-state index in [9.17, 15) is 13.2 Å². The highest BCUT2D eigenvalue weighted by atomic mass is 19.4. The number of nitrogens with zero attached hydrogens (tertiary/aromatic N) is 2. The van der Waals surface area contributed by atoms with Gasteiger partial charge in [0.25, 0.3) is 0 Å². The van der Waals surface area contributed by atoms with E-state index in [0.29, 0.717) is 6.04 Å². The first kappa shape index (κ1) is 15.1. The van der Waals surface area contributed by atoms with Crippen molar-refractivity contribution in [3.63, 3.8) is 0 Å². The Kier molecular flexibility index (Phi) is 4.55. The quantitative estimate of drug-likeness (QED) is 0.866. The normalized spacial score (nSPS) is 17.8. The summed E-state index contributed by atoms with van der Waals surface area (Å²) in [6, 6.07) is 5.64. The van der Waals surface area contributed by atoms with Gasteiger partial charge in [0.05, 0.1) is 12.3 Å². The second-order valence-electron chi connectivity index (χ2n) is 5.16. The van der Waals surface area contributed by atoms with Crippen LogP contribution < -0.4 is 4.90 Å². The zero-order valence-electron chi connectivity index (χ0n) is 11.4. The van der Waals surface area contributed by atoms with Gasteiger partial charge in [0, 0.05) is 24.8 Å². The Morgan fingerprint density at radius 2 is 1.75 bits per heavy atom. The predicted octanol–water partition coefficient (Wildman–Crippen LogP) is 2.56. The number of anilines is 1. The molecule has 112 valence electrons. The number of piperidine rings is 1. The van der Waals surface area contributed by atoms with Crippen LogP contribution in [0.2, 0.25) is 0 Å². The maximum atomic E-state index is 12.5. The van der Waals surface area contributed by atoms with Crippen molar-refractivity contribution in [1.82, 2.24) is 4.90 Å². The van der Waals surface area contributed by atoms with Crippen molar-refractivity contribution in [3.8, 4) is 0 Å². The predicted molar refractivity (Wildman–Crippen MR) is 71.5 cm³/mol. The lowest BCUT2D eigenvalue weighted by atomic mass is 10.0. The summed E-state index contributed by atoms with van der Waals surface area (Å²) in [5.41, 5.74) is 0.208. The minimum Gasteiger partial charge on any atom is -0.381 e. The molecule has 3 nitrogen and oxygen atoms in total. The molecule has 0 aliphatic carbocycles. The fourth-order valence-electron chi connectivity index (χ4n) is 2.54. The maximum Gasteiger partial charge on any atom is 0.416 e. The average Bonchev–Trinajstić information content (AvgIpc) is 2.46. The molecule has 0 amide bonds. The largest absolute Gasteiger partial charge is 0.416 e. The van der Waals surface area contributed by atoms with Gasteiger partial charge in [-0.1, -0.05) is 0 Å². The van der Waals surface area contributed by atoms with Gasteiger partial charge < -0.3 is 10.0 Å². The molecule has 20 heavy (non-hydrogen) atoms. The molecule has 0 saturated carbocycles. The smallest absolute Gasteiger partial charge is 0.381 e. The number of hydrogen-bond acceptors (Lipinski definition) is 3. The first-order valence-electron chi connectivity index (χ1n) is 6.65. The van der Waals surface area contributed by atoms with Crippen LogP contribution in [-0.2, 0) is 6.18 Å². The van der Waals surface area contributed by atoms with Crippen molar-refractivity contribution in [1.29, 1.82) is 0 Å². The third kappa shape index (κ3) is 3.43. The summed E-state index contributed by atoms with van der Waals surface area (Å²) in [5, 5.41) is 9.08. The highest BCUT2D eigenvalue weighted by Crippen LogP contribution is 2.31. The third-order valence-corrected chi connectivity index (χ3v) is 3.87. The van der Waals surface area contributed by atoms with E-state index in [4.69, 9.17) is 5.11 Å². The van der Waals surface area contributed by atoms with Crippen LogP contribution >= 0.6 is 0 Å². The van der Waals surface area contributed by atoms with Gasteiger partial charge in [0.2, 0.25) is 0 Å². The Hall–Kier alpha value is -1.27. The molecule has 0 unspecified atom stereocenters. The van der Waals surface area contributed by atoms with Crippen molar-refractivity contribution in [3.05, 3.63) is 29.8 Å². The second-order valence-corrected chi connectivity index (χ2v) is 5.16. The molecule has 1 N–H and O–H groups in total. The lowest BCUT2D eigenvalue weighted by molar-refractivity contribution is -0.137. The summed E-state index contributed by atoms with van der Waals surface area (Å²) < 4.78 is 37.5. The molecular weight excluding hydrogens is 269 g/mol. The number of aliphatic hydroxyl groups is 1. The van der Waals surface area contributed by atoms with Crippen molar-refractivity contribution >= 4 is 5.69 Å². The van der Waals surface area contributed by atoms with Gasteiger partial charge in [0.15, 0.2) is 0 Å². The van der Waals surface area contributed by atoms with Gasteiger partial charge in [-0.25, -0.2) is 0 Å². The van der Waals surface area contributed by atoms with Crippen molar-refractivity contribution in [2.24, 2.45) is 0 Å². The molecular formula is C14H19F3N2O. The van der Waals surface area contributed by atoms with Crippen molar-refractivity contribution in [2.75, 3.05) is 31.8 Å². The van der Waals surface area contributed by atoms with E-state index in [0.717, 1.165) is 43.8 Å². The fraction of sp³-hybridized carbons (Fsp3) is 0.571. The van der Waals surface area contributed by atoms with Gasteiger partial charge in [-0.15, -0.1) is 0 Å². The Bertz CT molecular complexity index is 425. The van der Waals surface area contributed by atoms with Gasteiger partial charge in [-0.2, -0.15) is 13.2 Å². The lowest BCUT2D eigenvalue weighted by Gasteiger charge is -2.37. The number of benzene rings is 1. The van der Waals surface area contributed by atoms with Crippen LogP contribution in [0.3, 0.4) is 0 Å². The summed E-state index contributed by atoms with van der Waals surface area (Å²) in [5.74, 6) is 0. The number of rotatable bonds is 3. The summed E-state index contributed by atoms with van der Waals surface area (Å²) in [6.45, 7) is 1.62. The molecule has 1 aromatic rings. The average molecular weight is 288 g/mol. The first-order chi connectivity index (χ1) is 9.41. The summed E-state index contributed by atoms with van der Waals surface area (Å²) in [4.78, 5) is 3.98. The van der Waals surface area contributed by atoms with Crippen LogP contribution in [0.15, 0.2) is 24.3 Å². The van der Waals surface area contributed by atoms with E-state index >= 15 is 0 Å². The van der Waals surface area contributed by atoms with Gasteiger partial charge in [-0.05, 0) is 44.2 Å². The van der Waals surface area contributed by atoms with E-state index < -0.39 is 11.7 Å². The van der Waals surface area contributed by atoms with Crippen LogP contribution in [0.5, 0.6) is 0 Å². The van der Waals surface area contributed by atoms with Crippen LogP contribution in [0.25, 0.3) is 0 Å². The van der Waals surface area contributed by atoms with Crippen LogP contribution in [0.4, 0.5) is 18.9 Å². The number of alkyl halides is 3. The monoisotopic (exact) mass is 288 g/mol. The molecule has 1 aliphatic heterocycles. The van der Waals surface area contributed by atoms with Gasteiger partial charge in [-0.3, -0.25) is 4.90 Å². The summed E-state index contributed by atoms with van der Waals surface area (Å²) >= 11 is 0. The fourth-order valence-corrected chi connectivity index (χ4v) is 2.54. The van der Waals surface area contributed by atoms with E-state index in [1.165, 1.54) is 12.1 Å². The number of halogens is 3. The zero-order chi connectivity index (χ0) is 14.8. The SMILES string of the molecule is CN(CO)C1CCN(c2ccc(C(F)(F)F)cc2)CC1. The van der Waals surface area contributed by atoms with Gasteiger partial charge >= 0.3 is 6.18 Å². The molecule has 0 radical (unpaired) electrons. The molecule has 1 heterocycles. The van der Waals surface area contributed by atoms with Crippen molar-refractivity contribution < 1.29 is 18.3 Å². The molecule has 1 fully saturated rings. The molecule has 0 aromatic heterocycles. The molecule has 1 aliphatic rings. The molecule has 6 heteroatoms. The Morgan fingerprint density at radius 1 is 1.20 bits per heavy atom. The molecule has 2 rings (SSSR count). The molecule has 0 spiro atoms. The van der Waals surface area contributed by atoms with Gasteiger partial charge in [0.1, 0.15) is 0 Å². The lowest BCUT2D eigenvalue weighted by Crippen LogP contribution is -2.43. The zero-order valence-corrected chi connectivity index (χ0v) is 11.4. The van der Waals surface area contributed by atoms with Crippen LogP contribution in [-0.4, -0.2) is 42.9 Å². The Morgan fingerprint density at radius 3 is 2.20 bits per heavy atom. The molecule has 1 saturated heterocycles. The Balaban J connectivity index is 1.97. The number of aliphatic hydroxyl groups excluding tert-OH is 1. The third-order valence-electron chi connectivity index (χ3n) is 3.87. The minimum absolute atomic E-state index is 0.0327. The summed E-state index contributed by atoms with van der Waals surface area (Å²) in [7, 11) is 1.87. The second kappa shape index (κ2) is 6.01. The minimum atomic E-state index is -4.28. The molecule has 0 bridgehead atoms. The van der Waals surface area contributed by atoms with E-state index in [1.807, 2.05) is 11.9 Å². The topological polar surface area (TPSA) is 26.7 Å².